The van der Waals surface area contributed by atoms with Crippen LogP contribution in [0.1, 0.15) is 30.7 Å². The summed E-state index contributed by atoms with van der Waals surface area (Å²) in [4.78, 5) is 18.4. The number of amides is 1. The van der Waals surface area contributed by atoms with Gasteiger partial charge in [-0.3, -0.25) is 9.78 Å². The van der Waals surface area contributed by atoms with E-state index >= 15 is 0 Å². The Kier molecular flexibility index (Phi) is 4.11. The summed E-state index contributed by atoms with van der Waals surface area (Å²) in [6.07, 6.45) is 2.44. The molecule has 1 aliphatic heterocycles. The SMILES string of the molecule is CC1(C)CN(C(=O)CCl)c2cc(Cc3ccc(F)cc3)ncc21. The van der Waals surface area contributed by atoms with Crippen LogP contribution in [0.25, 0.3) is 0 Å². The molecule has 0 atom stereocenters. The number of fused-ring (bicyclic) bond motifs is 1. The minimum Gasteiger partial charge on any atom is -0.310 e. The van der Waals surface area contributed by atoms with Crippen LogP contribution in [0.2, 0.25) is 0 Å². The molecule has 3 rings (SSSR count). The third-order valence-corrected chi connectivity index (χ3v) is 4.45. The van der Waals surface area contributed by atoms with Gasteiger partial charge in [-0.25, -0.2) is 4.39 Å². The molecule has 23 heavy (non-hydrogen) atoms. The van der Waals surface area contributed by atoms with E-state index in [0.717, 1.165) is 22.5 Å². The average molecular weight is 333 g/mol. The largest absolute Gasteiger partial charge is 0.310 e. The molecule has 2 heterocycles. The van der Waals surface area contributed by atoms with Crippen LogP contribution < -0.4 is 4.90 Å². The third kappa shape index (κ3) is 3.08. The van der Waals surface area contributed by atoms with Crippen LogP contribution in [0.4, 0.5) is 10.1 Å². The number of halogens is 2. The van der Waals surface area contributed by atoms with Crippen LogP contribution in [0, 0.1) is 5.82 Å². The van der Waals surface area contributed by atoms with Gasteiger partial charge >= 0.3 is 0 Å². The predicted octanol–water partition coefficient (Wildman–Crippen LogP) is 3.67. The molecule has 0 spiro atoms. The summed E-state index contributed by atoms with van der Waals surface area (Å²) < 4.78 is 13.0. The number of pyridine rings is 1. The number of alkyl halides is 1. The molecule has 0 saturated carbocycles. The molecule has 0 saturated heterocycles. The van der Waals surface area contributed by atoms with Gasteiger partial charge in [0.15, 0.2) is 0 Å². The molecular weight excluding hydrogens is 315 g/mol. The van der Waals surface area contributed by atoms with Gasteiger partial charge in [0.1, 0.15) is 11.7 Å². The highest BCUT2D eigenvalue weighted by molar-refractivity contribution is 6.29. The molecule has 0 radical (unpaired) electrons. The van der Waals surface area contributed by atoms with Crippen molar-refractivity contribution in [1.82, 2.24) is 4.98 Å². The maximum absolute atomic E-state index is 13.0. The van der Waals surface area contributed by atoms with Gasteiger partial charge < -0.3 is 4.90 Å². The number of carbonyl (C=O) groups is 1. The van der Waals surface area contributed by atoms with E-state index in [-0.39, 0.29) is 23.0 Å². The van der Waals surface area contributed by atoms with Gasteiger partial charge in [0.25, 0.3) is 0 Å². The second-order valence-corrected chi connectivity index (χ2v) is 6.76. The lowest BCUT2D eigenvalue weighted by Gasteiger charge is -2.19. The first-order chi connectivity index (χ1) is 10.9. The molecule has 120 valence electrons. The maximum Gasteiger partial charge on any atom is 0.241 e. The summed E-state index contributed by atoms with van der Waals surface area (Å²) in [5.41, 5.74) is 3.62. The van der Waals surface area contributed by atoms with Crippen LogP contribution in [0.5, 0.6) is 0 Å². The van der Waals surface area contributed by atoms with Crippen LogP contribution >= 0.6 is 11.6 Å². The lowest BCUT2D eigenvalue weighted by Crippen LogP contribution is -2.34. The summed E-state index contributed by atoms with van der Waals surface area (Å²) in [6.45, 7) is 4.79. The minimum absolute atomic E-state index is 0.0366. The molecule has 1 amide bonds. The lowest BCUT2D eigenvalue weighted by molar-refractivity contribution is -0.116. The quantitative estimate of drug-likeness (QED) is 0.803. The van der Waals surface area contributed by atoms with E-state index in [2.05, 4.69) is 18.8 Å². The highest BCUT2D eigenvalue weighted by Gasteiger charge is 2.38. The molecule has 0 bridgehead atoms. The van der Waals surface area contributed by atoms with Crippen molar-refractivity contribution in [3.05, 3.63) is 59.2 Å². The van der Waals surface area contributed by atoms with Gasteiger partial charge in [0, 0.05) is 35.8 Å². The van der Waals surface area contributed by atoms with Crippen molar-refractivity contribution < 1.29 is 9.18 Å². The first-order valence-electron chi connectivity index (χ1n) is 7.51. The number of carbonyl (C=O) groups excluding carboxylic acids is 1. The Balaban J connectivity index is 1.94. The van der Waals surface area contributed by atoms with Crippen molar-refractivity contribution in [3.8, 4) is 0 Å². The zero-order valence-corrected chi connectivity index (χ0v) is 13.9. The van der Waals surface area contributed by atoms with Crippen molar-refractivity contribution in [2.24, 2.45) is 0 Å². The topological polar surface area (TPSA) is 33.2 Å². The standard InChI is InChI=1S/C18H18ClFN2O/c1-18(2)11-22(17(23)9-19)16-8-14(21-10-15(16)18)7-12-3-5-13(20)6-4-12/h3-6,8,10H,7,9,11H2,1-2H3. The van der Waals surface area contributed by atoms with E-state index in [9.17, 15) is 9.18 Å². The van der Waals surface area contributed by atoms with Gasteiger partial charge in [-0.05, 0) is 23.8 Å². The minimum atomic E-state index is -0.253. The zero-order chi connectivity index (χ0) is 16.6. The Morgan fingerprint density at radius 3 is 2.70 bits per heavy atom. The molecule has 2 aromatic rings. The molecule has 0 aliphatic carbocycles. The maximum atomic E-state index is 13.0. The summed E-state index contributed by atoms with van der Waals surface area (Å²) in [5.74, 6) is -0.390. The first-order valence-corrected chi connectivity index (χ1v) is 8.04. The number of anilines is 1. The van der Waals surface area contributed by atoms with Crippen LogP contribution in [0.3, 0.4) is 0 Å². The molecule has 1 aromatic carbocycles. The lowest BCUT2D eigenvalue weighted by atomic mass is 9.88. The normalized spacial score (nSPS) is 15.6. The number of hydrogen-bond acceptors (Lipinski definition) is 2. The van der Waals surface area contributed by atoms with Crippen molar-refractivity contribution >= 4 is 23.2 Å². The van der Waals surface area contributed by atoms with Crippen molar-refractivity contribution in [2.45, 2.75) is 25.7 Å². The molecule has 1 aliphatic rings. The highest BCUT2D eigenvalue weighted by Crippen LogP contribution is 2.40. The summed E-state index contributed by atoms with van der Waals surface area (Å²) in [6, 6.07) is 8.31. The van der Waals surface area contributed by atoms with Crippen LogP contribution in [0.15, 0.2) is 36.5 Å². The van der Waals surface area contributed by atoms with E-state index in [1.165, 1.54) is 12.1 Å². The number of aromatic nitrogens is 1. The van der Waals surface area contributed by atoms with E-state index < -0.39 is 0 Å². The monoisotopic (exact) mass is 332 g/mol. The van der Waals surface area contributed by atoms with Gasteiger partial charge in [-0.1, -0.05) is 26.0 Å². The van der Waals surface area contributed by atoms with Gasteiger partial charge in [-0.15, -0.1) is 11.6 Å². The smallest absolute Gasteiger partial charge is 0.241 e. The van der Waals surface area contributed by atoms with Crippen molar-refractivity contribution in [1.29, 1.82) is 0 Å². The molecule has 0 unspecified atom stereocenters. The van der Waals surface area contributed by atoms with E-state index in [4.69, 9.17) is 11.6 Å². The van der Waals surface area contributed by atoms with Crippen LogP contribution in [-0.2, 0) is 16.6 Å². The van der Waals surface area contributed by atoms with Crippen LogP contribution in [-0.4, -0.2) is 23.3 Å². The predicted molar refractivity (Wildman–Crippen MR) is 89.5 cm³/mol. The second-order valence-electron chi connectivity index (χ2n) is 6.49. The molecule has 0 N–H and O–H groups in total. The molecule has 1 aromatic heterocycles. The van der Waals surface area contributed by atoms with Gasteiger partial charge in [0.2, 0.25) is 5.91 Å². The Hall–Kier alpha value is -1.94. The Bertz CT molecular complexity index is 743. The fourth-order valence-electron chi connectivity index (χ4n) is 3.00. The number of rotatable bonds is 3. The molecular formula is C18H18ClFN2O. The highest BCUT2D eigenvalue weighted by atomic mass is 35.5. The summed E-state index contributed by atoms with van der Waals surface area (Å²) in [7, 11) is 0. The molecule has 0 fully saturated rings. The van der Waals surface area contributed by atoms with Crippen molar-refractivity contribution in [2.75, 3.05) is 17.3 Å². The fourth-order valence-corrected chi connectivity index (χ4v) is 3.14. The number of hydrogen-bond donors (Lipinski definition) is 0. The Labute approximate surface area is 140 Å². The van der Waals surface area contributed by atoms with Crippen molar-refractivity contribution in [3.63, 3.8) is 0 Å². The van der Waals surface area contributed by atoms with E-state index in [1.54, 1.807) is 17.0 Å². The third-order valence-electron chi connectivity index (χ3n) is 4.23. The Morgan fingerprint density at radius 1 is 1.35 bits per heavy atom. The summed E-state index contributed by atoms with van der Waals surface area (Å²) in [5, 5.41) is 0. The first kappa shape index (κ1) is 15.9. The van der Waals surface area contributed by atoms with E-state index in [0.29, 0.717) is 13.0 Å². The summed E-state index contributed by atoms with van der Waals surface area (Å²) >= 11 is 5.73. The fraction of sp³-hybridized carbons (Fsp3) is 0.333. The van der Waals surface area contributed by atoms with Gasteiger partial charge in [0.05, 0.1) is 5.69 Å². The zero-order valence-electron chi connectivity index (χ0n) is 13.1. The number of benzene rings is 1. The number of nitrogens with zero attached hydrogens (tertiary/aromatic N) is 2. The molecule has 3 nitrogen and oxygen atoms in total. The second kappa shape index (κ2) is 5.93. The van der Waals surface area contributed by atoms with E-state index in [1.807, 2.05) is 12.3 Å². The average Bonchev–Trinajstić information content (AvgIpc) is 2.80. The Morgan fingerprint density at radius 2 is 2.04 bits per heavy atom. The molecule has 5 heteroatoms. The van der Waals surface area contributed by atoms with Gasteiger partial charge in [-0.2, -0.15) is 0 Å².